The molecular weight excluding hydrogens is 374 g/mol. The number of nitrogens with one attached hydrogen (secondary N) is 1. The second kappa shape index (κ2) is 10.1. The Bertz CT molecular complexity index is 784. The Labute approximate surface area is 169 Å². The standard InChI is InChI=1S/C21H25N3O3S/c25-18(19-7-4-14-28-19)8-9-21(27)24-12-10-23(11-13-24)16-20(26)22-15-17-5-2-1-3-6-17/h1-7,14H,8-13,15-16H2,(H,22,26). The molecule has 0 radical (unpaired) electrons. The van der Waals surface area contributed by atoms with Crippen LogP contribution in [0.5, 0.6) is 0 Å². The van der Waals surface area contributed by atoms with Crippen LogP contribution in [0.25, 0.3) is 0 Å². The third-order valence-electron chi connectivity index (χ3n) is 4.79. The Morgan fingerprint density at radius 3 is 2.36 bits per heavy atom. The highest BCUT2D eigenvalue weighted by Crippen LogP contribution is 2.13. The summed E-state index contributed by atoms with van der Waals surface area (Å²) in [6, 6.07) is 13.4. The number of thiophene rings is 1. The number of benzene rings is 1. The van der Waals surface area contributed by atoms with E-state index in [0.717, 1.165) is 5.56 Å². The van der Waals surface area contributed by atoms with Crippen molar-refractivity contribution in [1.82, 2.24) is 15.1 Å². The van der Waals surface area contributed by atoms with E-state index in [-0.39, 0.29) is 30.4 Å². The summed E-state index contributed by atoms with van der Waals surface area (Å²) in [6.07, 6.45) is 0.496. The van der Waals surface area contributed by atoms with Crippen molar-refractivity contribution in [3.05, 3.63) is 58.3 Å². The van der Waals surface area contributed by atoms with Gasteiger partial charge in [0.1, 0.15) is 0 Å². The number of hydrogen-bond acceptors (Lipinski definition) is 5. The number of ketones is 1. The van der Waals surface area contributed by atoms with Crippen molar-refractivity contribution in [3.8, 4) is 0 Å². The highest BCUT2D eigenvalue weighted by molar-refractivity contribution is 7.12. The van der Waals surface area contributed by atoms with Gasteiger partial charge in [0, 0.05) is 45.6 Å². The SMILES string of the molecule is O=C(CN1CCN(C(=O)CCC(=O)c2cccs2)CC1)NCc1ccccc1. The third kappa shape index (κ3) is 6.00. The fraction of sp³-hybridized carbons (Fsp3) is 0.381. The molecule has 1 aliphatic rings. The molecule has 0 unspecified atom stereocenters. The van der Waals surface area contributed by atoms with Crippen LogP contribution in [0.4, 0.5) is 0 Å². The number of nitrogens with zero attached hydrogens (tertiary/aromatic N) is 2. The summed E-state index contributed by atoms with van der Waals surface area (Å²) in [7, 11) is 0. The molecule has 1 aliphatic heterocycles. The lowest BCUT2D eigenvalue weighted by Crippen LogP contribution is -2.51. The van der Waals surface area contributed by atoms with Crippen molar-refractivity contribution in [2.75, 3.05) is 32.7 Å². The zero-order valence-electron chi connectivity index (χ0n) is 15.8. The molecule has 1 N–H and O–H groups in total. The monoisotopic (exact) mass is 399 g/mol. The van der Waals surface area contributed by atoms with Crippen LogP contribution in [0.15, 0.2) is 47.8 Å². The zero-order chi connectivity index (χ0) is 19.8. The van der Waals surface area contributed by atoms with E-state index < -0.39 is 0 Å². The molecule has 0 saturated carbocycles. The minimum atomic E-state index is -0.00910. The molecule has 2 amide bonds. The van der Waals surface area contributed by atoms with E-state index in [1.807, 2.05) is 41.8 Å². The van der Waals surface area contributed by atoms with Crippen LogP contribution in [0.2, 0.25) is 0 Å². The smallest absolute Gasteiger partial charge is 0.234 e. The Kier molecular flexibility index (Phi) is 7.33. The van der Waals surface area contributed by atoms with Gasteiger partial charge < -0.3 is 10.2 Å². The summed E-state index contributed by atoms with van der Waals surface area (Å²) < 4.78 is 0. The van der Waals surface area contributed by atoms with Gasteiger partial charge in [0.15, 0.2) is 5.78 Å². The third-order valence-corrected chi connectivity index (χ3v) is 5.70. The predicted octanol–water partition coefficient (Wildman–Crippen LogP) is 2.17. The normalized spacial score (nSPS) is 14.6. The molecule has 0 atom stereocenters. The predicted molar refractivity (Wildman–Crippen MR) is 109 cm³/mol. The number of piperazine rings is 1. The van der Waals surface area contributed by atoms with Crippen LogP contribution in [-0.4, -0.2) is 60.1 Å². The van der Waals surface area contributed by atoms with Gasteiger partial charge in [0.05, 0.1) is 11.4 Å². The minimum absolute atomic E-state index is 0.00910. The average molecular weight is 400 g/mol. The maximum Gasteiger partial charge on any atom is 0.234 e. The van der Waals surface area contributed by atoms with Gasteiger partial charge in [-0.25, -0.2) is 0 Å². The Balaban J connectivity index is 1.34. The second-order valence-electron chi connectivity index (χ2n) is 6.82. The minimum Gasteiger partial charge on any atom is -0.351 e. The molecule has 3 rings (SSSR count). The highest BCUT2D eigenvalue weighted by atomic mass is 32.1. The van der Waals surface area contributed by atoms with Crippen molar-refractivity contribution in [3.63, 3.8) is 0 Å². The quantitative estimate of drug-likeness (QED) is 0.691. The van der Waals surface area contributed by atoms with Crippen molar-refractivity contribution in [1.29, 1.82) is 0 Å². The van der Waals surface area contributed by atoms with Crippen LogP contribution in [-0.2, 0) is 16.1 Å². The van der Waals surface area contributed by atoms with Crippen molar-refractivity contribution in [2.24, 2.45) is 0 Å². The summed E-state index contributed by atoms with van der Waals surface area (Å²) in [5.74, 6) is 0.0281. The molecule has 1 aromatic heterocycles. The van der Waals surface area contributed by atoms with E-state index in [9.17, 15) is 14.4 Å². The molecule has 7 heteroatoms. The molecule has 6 nitrogen and oxygen atoms in total. The molecule has 148 valence electrons. The summed E-state index contributed by atoms with van der Waals surface area (Å²) in [6.45, 7) is 3.39. The number of rotatable bonds is 8. The number of amides is 2. The summed E-state index contributed by atoms with van der Waals surface area (Å²) in [5.41, 5.74) is 1.07. The number of carbonyl (C=O) groups excluding carboxylic acids is 3. The zero-order valence-corrected chi connectivity index (χ0v) is 16.6. The van der Waals surface area contributed by atoms with E-state index in [2.05, 4.69) is 10.2 Å². The molecule has 2 aromatic rings. The largest absolute Gasteiger partial charge is 0.351 e. The highest BCUT2D eigenvalue weighted by Gasteiger charge is 2.23. The van der Waals surface area contributed by atoms with E-state index >= 15 is 0 Å². The lowest BCUT2D eigenvalue weighted by molar-refractivity contribution is -0.133. The van der Waals surface area contributed by atoms with Crippen molar-refractivity contribution < 1.29 is 14.4 Å². The maximum absolute atomic E-state index is 12.3. The van der Waals surface area contributed by atoms with E-state index in [0.29, 0.717) is 44.1 Å². The van der Waals surface area contributed by atoms with Gasteiger partial charge in [-0.2, -0.15) is 0 Å². The molecule has 0 spiro atoms. The van der Waals surface area contributed by atoms with Crippen molar-refractivity contribution >= 4 is 28.9 Å². The van der Waals surface area contributed by atoms with E-state index in [4.69, 9.17) is 0 Å². The maximum atomic E-state index is 12.3. The Morgan fingerprint density at radius 2 is 1.68 bits per heavy atom. The van der Waals surface area contributed by atoms with Crippen molar-refractivity contribution in [2.45, 2.75) is 19.4 Å². The van der Waals surface area contributed by atoms with Crippen LogP contribution in [0, 0.1) is 0 Å². The number of Topliss-reactive ketones (excluding diaryl/α,β-unsaturated/α-hetero) is 1. The average Bonchev–Trinajstić information content (AvgIpc) is 3.26. The molecule has 1 aromatic carbocycles. The van der Waals surface area contributed by atoms with Gasteiger partial charge in [-0.3, -0.25) is 19.3 Å². The molecule has 1 fully saturated rings. The number of hydrogen-bond donors (Lipinski definition) is 1. The first kappa shape index (κ1) is 20.2. The lowest BCUT2D eigenvalue weighted by Gasteiger charge is -2.34. The lowest BCUT2D eigenvalue weighted by atomic mass is 10.1. The Morgan fingerprint density at radius 1 is 0.929 bits per heavy atom. The van der Waals surface area contributed by atoms with Gasteiger partial charge in [0.25, 0.3) is 0 Å². The topological polar surface area (TPSA) is 69.7 Å². The summed E-state index contributed by atoms with van der Waals surface area (Å²) in [5, 5.41) is 4.79. The van der Waals surface area contributed by atoms with E-state index in [1.54, 1.807) is 11.0 Å². The fourth-order valence-corrected chi connectivity index (χ4v) is 3.84. The molecule has 0 aliphatic carbocycles. The van der Waals surface area contributed by atoms with Gasteiger partial charge in [-0.15, -0.1) is 11.3 Å². The van der Waals surface area contributed by atoms with Crippen LogP contribution < -0.4 is 5.32 Å². The van der Waals surface area contributed by atoms with E-state index in [1.165, 1.54) is 11.3 Å². The molecule has 0 bridgehead atoms. The van der Waals surface area contributed by atoms with Gasteiger partial charge in [0.2, 0.25) is 11.8 Å². The second-order valence-corrected chi connectivity index (χ2v) is 7.77. The molecule has 2 heterocycles. The van der Waals surface area contributed by atoms with Gasteiger partial charge in [-0.05, 0) is 17.0 Å². The molecule has 28 heavy (non-hydrogen) atoms. The van der Waals surface area contributed by atoms with Gasteiger partial charge in [-0.1, -0.05) is 36.4 Å². The van der Waals surface area contributed by atoms with Gasteiger partial charge >= 0.3 is 0 Å². The van der Waals surface area contributed by atoms with Crippen LogP contribution in [0.1, 0.15) is 28.1 Å². The summed E-state index contributed by atoms with van der Waals surface area (Å²) >= 11 is 1.41. The fourth-order valence-electron chi connectivity index (χ4n) is 3.15. The summed E-state index contributed by atoms with van der Waals surface area (Å²) in [4.78, 5) is 41.0. The van der Waals surface area contributed by atoms with Crippen LogP contribution in [0.3, 0.4) is 0 Å². The molecule has 1 saturated heterocycles. The first-order chi connectivity index (χ1) is 13.6. The first-order valence-electron chi connectivity index (χ1n) is 9.49. The first-order valence-corrected chi connectivity index (χ1v) is 10.4. The number of carbonyl (C=O) groups is 3. The Hall–Kier alpha value is -2.51. The molecular formula is C21H25N3O3S. The van der Waals surface area contributed by atoms with Crippen LogP contribution >= 0.6 is 11.3 Å².